The first-order chi connectivity index (χ1) is 8.72. The van der Waals surface area contributed by atoms with Gasteiger partial charge in [-0.15, -0.1) is 0 Å². The lowest BCUT2D eigenvalue weighted by atomic mass is 10.2. The number of nitrogens with two attached hydrogens (primary N) is 1. The highest BCUT2D eigenvalue weighted by atomic mass is 16.5. The zero-order valence-corrected chi connectivity index (χ0v) is 9.29. The van der Waals surface area contributed by atoms with Crippen molar-refractivity contribution in [2.75, 3.05) is 5.73 Å². The molecule has 5 nitrogen and oxygen atoms in total. The second kappa shape index (κ2) is 4.86. The Kier molecular flexibility index (Phi) is 3.08. The van der Waals surface area contributed by atoms with Crippen molar-refractivity contribution in [3.63, 3.8) is 0 Å². The Morgan fingerprint density at radius 2 is 1.94 bits per heavy atom. The minimum absolute atomic E-state index is 0.264. The Labute approximate surface area is 104 Å². The van der Waals surface area contributed by atoms with Crippen molar-refractivity contribution in [1.82, 2.24) is 4.98 Å². The zero-order chi connectivity index (χ0) is 13.0. The lowest BCUT2D eigenvalue weighted by Crippen LogP contribution is -1.95. The molecule has 0 saturated carbocycles. The number of aromatic nitrogens is 1. The van der Waals surface area contributed by atoms with Gasteiger partial charge in [-0.3, -0.25) is 0 Å². The van der Waals surface area contributed by atoms with Crippen LogP contribution in [0.5, 0.6) is 11.6 Å². The van der Waals surface area contributed by atoms with Crippen LogP contribution in [0.25, 0.3) is 0 Å². The molecular formula is C13H8N4O. The van der Waals surface area contributed by atoms with E-state index in [1.54, 1.807) is 30.3 Å². The fourth-order valence-corrected chi connectivity index (χ4v) is 1.36. The molecule has 1 aromatic carbocycles. The van der Waals surface area contributed by atoms with Crippen molar-refractivity contribution in [2.24, 2.45) is 0 Å². The van der Waals surface area contributed by atoms with Crippen LogP contribution in [0.15, 0.2) is 36.4 Å². The minimum atomic E-state index is 0.264. The Hall–Kier alpha value is -3.05. The van der Waals surface area contributed by atoms with Gasteiger partial charge in [0, 0.05) is 6.07 Å². The van der Waals surface area contributed by atoms with E-state index < -0.39 is 0 Å². The van der Waals surface area contributed by atoms with Gasteiger partial charge in [-0.05, 0) is 24.3 Å². The molecule has 5 heteroatoms. The molecule has 0 aliphatic rings. The summed E-state index contributed by atoms with van der Waals surface area (Å²) in [5.74, 6) is 0.682. The van der Waals surface area contributed by atoms with E-state index in [9.17, 15) is 0 Å². The number of ether oxygens (including phenoxy) is 1. The molecule has 2 aromatic rings. The van der Waals surface area contributed by atoms with Crippen molar-refractivity contribution in [2.45, 2.75) is 0 Å². The van der Waals surface area contributed by atoms with Crippen molar-refractivity contribution in [1.29, 1.82) is 10.5 Å². The molecule has 0 radical (unpaired) electrons. The van der Waals surface area contributed by atoms with Crippen LogP contribution in [0.2, 0.25) is 0 Å². The average Bonchev–Trinajstić information content (AvgIpc) is 2.41. The minimum Gasteiger partial charge on any atom is -0.437 e. The predicted octanol–water partition coefficient (Wildman–Crippen LogP) is 2.20. The Balaban J connectivity index is 2.29. The van der Waals surface area contributed by atoms with E-state index in [1.165, 1.54) is 6.07 Å². The third-order valence-electron chi connectivity index (χ3n) is 2.19. The number of nitriles is 2. The Bertz CT molecular complexity index is 667. The summed E-state index contributed by atoms with van der Waals surface area (Å²) in [6.07, 6.45) is 0. The van der Waals surface area contributed by atoms with Crippen LogP contribution in [0.4, 0.5) is 5.69 Å². The average molecular weight is 236 g/mol. The Morgan fingerprint density at radius 1 is 1.11 bits per heavy atom. The summed E-state index contributed by atoms with van der Waals surface area (Å²) in [7, 11) is 0. The molecule has 0 spiro atoms. The van der Waals surface area contributed by atoms with Crippen molar-refractivity contribution >= 4 is 5.69 Å². The van der Waals surface area contributed by atoms with Gasteiger partial charge in [-0.1, -0.05) is 6.07 Å². The second-order valence-electron chi connectivity index (χ2n) is 3.44. The first-order valence-electron chi connectivity index (χ1n) is 5.07. The molecule has 1 aromatic heterocycles. The summed E-state index contributed by atoms with van der Waals surface area (Å²) in [4.78, 5) is 3.97. The van der Waals surface area contributed by atoms with Crippen LogP contribution in [-0.4, -0.2) is 4.98 Å². The van der Waals surface area contributed by atoms with E-state index in [0.29, 0.717) is 17.0 Å². The maximum absolute atomic E-state index is 8.72. The standard InChI is InChI=1S/C13H8N4O/c14-7-9-4-5-12(11(16)6-9)18-13-3-1-2-10(8-15)17-13/h1-6H,16H2. The van der Waals surface area contributed by atoms with Crippen LogP contribution in [0.3, 0.4) is 0 Å². The molecule has 86 valence electrons. The van der Waals surface area contributed by atoms with Crippen LogP contribution < -0.4 is 10.5 Å². The highest BCUT2D eigenvalue weighted by Crippen LogP contribution is 2.26. The van der Waals surface area contributed by atoms with Crippen LogP contribution >= 0.6 is 0 Å². The molecule has 0 bridgehead atoms. The van der Waals surface area contributed by atoms with E-state index in [0.717, 1.165) is 0 Å². The molecule has 1 heterocycles. The number of pyridine rings is 1. The number of nitrogens with zero attached hydrogens (tertiary/aromatic N) is 3. The summed E-state index contributed by atoms with van der Waals surface area (Å²) < 4.78 is 5.45. The number of benzene rings is 1. The molecule has 0 aliphatic heterocycles. The summed E-state index contributed by atoms with van der Waals surface area (Å²) in [6, 6.07) is 13.5. The van der Waals surface area contributed by atoms with Gasteiger partial charge in [-0.2, -0.15) is 10.5 Å². The molecule has 2 rings (SSSR count). The van der Waals surface area contributed by atoms with E-state index >= 15 is 0 Å². The highest BCUT2D eigenvalue weighted by Gasteiger charge is 2.05. The maximum Gasteiger partial charge on any atom is 0.220 e. The number of hydrogen-bond acceptors (Lipinski definition) is 5. The number of hydrogen-bond donors (Lipinski definition) is 1. The fourth-order valence-electron chi connectivity index (χ4n) is 1.36. The fraction of sp³-hybridized carbons (Fsp3) is 0. The molecule has 0 atom stereocenters. The summed E-state index contributed by atoms with van der Waals surface area (Å²) in [6.45, 7) is 0. The third-order valence-corrected chi connectivity index (χ3v) is 2.19. The number of anilines is 1. The van der Waals surface area contributed by atoms with Gasteiger partial charge >= 0.3 is 0 Å². The topological polar surface area (TPSA) is 95.7 Å². The summed E-state index contributed by atoms with van der Waals surface area (Å²) in [5.41, 5.74) is 6.81. The molecule has 0 aliphatic carbocycles. The molecule has 0 fully saturated rings. The number of rotatable bonds is 2. The SMILES string of the molecule is N#Cc1ccc(Oc2cccc(C#N)n2)c(N)c1. The van der Waals surface area contributed by atoms with Crippen molar-refractivity contribution in [3.05, 3.63) is 47.7 Å². The van der Waals surface area contributed by atoms with Gasteiger partial charge in [0.05, 0.1) is 17.3 Å². The summed E-state index contributed by atoms with van der Waals surface area (Å²) in [5, 5.41) is 17.4. The van der Waals surface area contributed by atoms with Crippen molar-refractivity contribution in [3.8, 4) is 23.8 Å². The van der Waals surface area contributed by atoms with Gasteiger partial charge in [-0.25, -0.2) is 4.98 Å². The van der Waals surface area contributed by atoms with Crippen LogP contribution in [-0.2, 0) is 0 Å². The third kappa shape index (κ3) is 2.37. The first-order valence-corrected chi connectivity index (χ1v) is 5.07. The smallest absolute Gasteiger partial charge is 0.220 e. The van der Waals surface area contributed by atoms with Crippen molar-refractivity contribution < 1.29 is 4.74 Å². The van der Waals surface area contributed by atoms with Gasteiger partial charge < -0.3 is 10.5 Å². The lowest BCUT2D eigenvalue weighted by Gasteiger charge is -2.07. The molecule has 0 saturated heterocycles. The molecule has 0 unspecified atom stereocenters. The zero-order valence-electron chi connectivity index (χ0n) is 9.29. The second-order valence-corrected chi connectivity index (χ2v) is 3.44. The van der Waals surface area contributed by atoms with Crippen LogP contribution in [0, 0.1) is 22.7 Å². The van der Waals surface area contributed by atoms with E-state index in [-0.39, 0.29) is 11.6 Å². The normalized spacial score (nSPS) is 9.22. The van der Waals surface area contributed by atoms with Gasteiger partial charge in [0.2, 0.25) is 5.88 Å². The van der Waals surface area contributed by atoms with Crippen LogP contribution in [0.1, 0.15) is 11.3 Å². The predicted molar refractivity (Wildman–Crippen MR) is 64.6 cm³/mol. The number of nitrogen functional groups attached to an aromatic ring is 1. The van der Waals surface area contributed by atoms with E-state index in [1.807, 2.05) is 12.1 Å². The first kappa shape index (κ1) is 11.4. The quantitative estimate of drug-likeness (QED) is 0.806. The van der Waals surface area contributed by atoms with E-state index in [2.05, 4.69) is 4.98 Å². The summed E-state index contributed by atoms with van der Waals surface area (Å²) >= 11 is 0. The molecular weight excluding hydrogens is 228 g/mol. The maximum atomic E-state index is 8.72. The Morgan fingerprint density at radius 3 is 2.61 bits per heavy atom. The lowest BCUT2D eigenvalue weighted by molar-refractivity contribution is 0.464. The largest absolute Gasteiger partial charge is 0.437 e. The molecule has 18 heavy (non-hydrogen) atoms. The van der Waals surface area contributed by atoms with Gasteiger partial charge in [0.15, 0.2) is 5.75 Å². The monoisotopic (exact) mass is 236 g/mol. The highest BCUT2D eigenvalue weighted by molar-refractivity contribution is 5.57. The van der Waals surface area contributed by atoms with E-state index in [4.69, 9.17) is 21.0 Å². The van der Waals surface area contributed by atoms with Gasteiger partial charge in [0.1, 0.15) is 11.8 Å². The van der Waals surface area contributed by atoms with Gasteiger partial charge in [0.25, 0.3) is 0 Å². The molecule has 2 N–H and O–H groups in total. The molecule has 0 amide bonds.